The van der Waals surface area contributed by atoms with Crippen molar-refractivity contribution in [3.8, 4) is 0 Å². The Labute approximate surface area is 129 Å². The van der Waals surface area contributed by atoms with Gasteiger partial charge in [-0.1, -0.05) is 13.0 Å². The van der Waals surface area contributed by atoms with E-state index < -0.39 is 0 Å². The second-order valence-electron chi connectivity index (χ2n) is 5.13. The Kier molecular flexibility index (Phi) is 5.04. The van der Waals surface area contributed by atoms with Crippen LogP contribution in [0, 0.1) is 5.92 Å². The molecule has 118 valence electrons. The number of amides is 2. The zero-order valence-corrected chi connectivity index (χ0v) is 13.1. The summed E-state index contributed by atoms with van der Waals surface area (Å²) in [6, 6.07) is 7.45. The van der Waals surface area contributed by atoms with Crippen LogP contribution in [-0.2, 0) is 16.1 Å². The van der Waals surface area contributed by atoms with Crippen LogP contribution in [0.4, 0.5) is 10.5 Å². The van der Waals surface area contributed by atoms with E-state index in [4.69, 9.17) is 0 Å². The van der Waals surface area contributed by atoms with Crippen molar-refractivity contribution >= 4 is 28.6 Å². The van der Waals surface area contributed by atoms with Crippen molar-refractivity contribution in [2.45, 2.75) is 20.4 Å². The van der Waals surface area contributed by atoms with Gasteiger partial charge in [0.2, 0.25) is 0 Å². The molecule has 0 saturated carbocycles. The molecule has 0 spiro atoms. The first kappa shape index (κ1) is 15.9. The molecule has 0 radical (unpaired) electrons. The number of carbonyl (C=O) groups is 2. The Morgan fingerprint density at radius 2 is 2.09 bits per heavy atom. The Hall–Kier alpha value is -2.50. The van der Waals surface area contributed by atoms with Gasteiger partial charge in [-0.2, -0.15) is 0 Å². The maximum Gasteiger partial charge on any atom is 0.319 e. The minimum Gasteiger partial charge on any atom is -0.469 e. The number of benzene rings is 1. The van der Waals surface area contributed by atoms with Crippen molar-refractivity contribution in [3.63, 3.8) is 0 Å². The molecule has 6 nitrogen and oxygen atoms in total. The lowest BCUT2D eigenvalue weighted by Crippen LogP contribution is -2.35. The van der Waals surface area contributed by atoms with Gasteiger partial charge in [-0.05, 0) is 30.5 Å². The zero-order chi connectivity index (χ0) is 16.1. The molecule has 0 fully saturated rings. The fourth-order valence-electron chi connectivity index (χ4n) is 2.24. The van der Waals surface area contributed by atoms with E-state index in [9.17, 15) is 9.59 Å². The molecular formula is C16H21N3O3. The van der Waals surface area contributed by atoms with Crippen molar-refractivity contribution < 1.29 is 14.3 Å². The largest absolute Gasteiger partial charge is 0.469 e. The Morgan fingerprint density at radius 1 is 1.32 bits per heavy atom. The molecule has 0 saturated heterocycles. The van der Waals surface area contributed by atoms with Crippen LogP contribution in [0.25, 0.3) is 10.9 Å². The van der Waals surface area contributed by atoms with Crippen LogP contribution in [0.2, 0.25) is 0 Å². The maximum atomic E-state index is 11.9. The molecular weight excluding hydrogens is 282 g/mol. The number of carbonyl (C=O) groups excluding carboxylic acids is 2. The second-order valence-corrected chi connectivity index (χ2v) is 5.13. The maximum absolute atomic E-state index is 11.9. The summed E-state index contributed by atoms with van der Waals surface area (Å²) in [5.41, 5.74) is 1.78. The third-order valence-corrected chi connectivity index (χ3v) is 3.54. The summed E-state index contributed by atoms with van der Waals surface area (Å²) in [7, 11) is 1.33. The number of aromatic nitrogens is 1. The first-order valence-electron chi connectivity index (χ1n) is 7.26. The number of methoxy groups -OCH3 is 1. The number of aryl methyl sites for hydroxylation is 1. The van der Waals surface area contributed by atoms with Crippen LogP contribution in [-0.4, -0.2) is 30.2 Å². The van der Waals surface area contributed by atoms with Gasteiger partial charge >= 0.3 is 12.0 Å². The molecule has 6 heteroatoms. The predicted molar refractivity (Wildman–Crippen MR) is 85.8 cm³/mol. The zero-order valence-electron chi connectivity index (χ0n) is 13.1. The normalized spacial score (nSPS) is 12.0. The Balaban J connectivity index is 1.98. The number of anilines is 1. The molecule has 22 heavy (non-hydrogen) atoms. The van der Waals surface area contributed by atoms with Gasteiger partial charge in [-0.3, -0.25) is 4.79 Å². The quantitative estimate of drug-likeness (QED) is 0.834. The van der Waals surface area contributed by atoms with Crippen LogP contribution in [0.15, 0.2) is 30.5 Å². The van der Waals surface area contributed by atoms with Gasteiger partial charge in [-0.15, -0.1) is 0 Å². The molecule has 2 N–H and O–H groups in total. The third kappa shape index (κ3) is 3.58. The number of nitrogens with zero attached hydrogens (tertiary/aromatic N) is 1. The van der Waals surface area contributed by atoms with Crippen LogP contribution in [0.3, 0.4) is 0 Å². The van der Waals surface area contributed by atoms with E-state index in [2.05, 4.69) is 26.9 Å². The fraction of sp³-hybridized carbons (Fsp3) is 0.375. The molecule has 1 unspecified atom stereocenters. The van der Waals surface area contributed by atoms with E-state index in [1.807, 2.05) is 30.5 Å². The molecule has 1 heterocycles. The summed E-state index contributed by atoms with van der Waals surface area (Å²) in [5, 5.41) is 6.56. The van der Waals surface area contributed by atoms with Gasteiger partial charge in [0.05, 0.1) is 18.5 Å². The van der Waals surface area contributed by atoms with Gasteiger partial charge in [0.15, 0.2) is 0 Å². The van der Waals surface area contributed by atoms with Gasteiger partial charge in [0.25, 0.3) is 0 Å². The second kappa shape index (κ2) is 6.98. The minimum absolute atomic E-state index is 0.228. The Bertz CT molecular complexity index is 678. The Morgan fingerprint density at radius 3 is 2.77 bits per heavy atom. The lowest BCUT2D eigenvalue weighted by molar-refractivity contribution is -0.144. The third-order valence-electron chi connectivity index (χ3n) is 3.54. The van der Waals surface area contributed by atoms with E-state index in [-0.39, 0.29) is 24.5 Å². The number of ether oxygens (including phenoxy) is 1. The summed E-state index contributed by atoms with van der Waals surface area (Å²) in [6.45, 7) is 4.87. The van der Waals surface area contributed by atoms with E-state index in [0.29, 0.717) is 5.69 Å². The highest BCUT2D eigenvalue weighted by Crippen LogP contribution is 2.20. The molecule has 1 aromatic carbocycles. The smallest absolute Gasteiger partial charge is 0.319 e. The highest BCUT2D eigenvalue weighted by Gasteiger charge is 2.14. The van der Waals surface area contributed by atoms with Crippen LogP contribution in [0.5, 0.6) is 0 Å². The van der Waals surface area contributed by atoms with Crippen molar-refractivity contribution in [1.82, 2.24) is 9.88 Å². The molecule has 1 atom stereocenters. The van der Waals surface area contributed by atoms with Gasteiger partial charge in [-0.25, -0.2) is 4.79 Å². The predicted octanol–water partition coefficient (Wildman–Crippen LogP) is 2.59. The number of fused-ring (bicyclic) bond motifs is 1. The fourth-order valence-corrected chi connectivity index (χ4v) is 2.24. The lowest BCUT2D eigenvalue weighted by atomic mass is 10.2. The first-order valence-corrected chi connectivity index (χ1v) is 7.26. The summed E-state index contributed by atoms with van der Waals surface area (Å²) in [5.74, 6) is -0.724. The van der Waals surface area contributed by atoms with Crippen LogP contribution >= 0.6 is 0 Å². The van der Waals surface area contributed by atoms with Gasteiger partial charge in [0, 0.05) is 25.0 Å². The van der Waals surface area contributed by atoms with E-state index >= 15 is 0 Å². The molecule has 0 aliphatic heterocycles. The average Bonchev–Trinajstić information content (AvgIpc) is 2.94. The summed E-state index contributed by atoms with van der Waals surface area (Å²) < 4.78 is 6.72. The van der Waals surface area contributed by atoms with Crippen molar-refractivity contribution in [1.29, 1.82) is 0 Å². The van der Waals surface area contributed by atoms with Gasteiger partial charge < -0.3 is 19.9 Å². The molecule has 0 aliphatic rings. The molecule has 1 aromatic heterocycles. The summed E-state index contributed by atoms with van der Waals surface area (Å²) in [4.78, 5) is 23.1. The molecule has 2 amide bonds. The van der Waals surface area contributed by atoms with Gasteiger partial charge in [0.1, 0.15) is 0 Å². The number of nitrogens with one attached hydrogen (secondary N) is 2. The highest BCUT2D eigenvalue weighted by atomic mass is 16.5. The van der Waals surface area contributed by atoms with E-state index in [1.54, 1.807) is 6.92 Å². The number of hydrogen-bond acceptors (Lipinski definition) is 3. The van der Waals surface area contributed by atoms with Crippen molar-refractivity contribution in [3.05, 3.63) is 30.5 Å². The number of rotatable bonds is 5. The number of esters is 1. The first-order chi connectivity index (χ1) is 10.5. The highest BCUT2D eigenvalue weighted by molar-refractivity contribution is 5.93. The molecule has 0 aliphatic carbocycles. The monoisotopic (exact) mass is 303 g/mol. The van der Waals surface area contributed by atoms with Crippen molar-refractivity contribution in [2.75, 3.05) is 19.0 Å². The van der Waals surface area contributed by atoms with Crippen molar-refractivity contribution in [2.24, 2.45) is 5.92 Å². The molecule has 0 bridgehead atoms. The van der Waals surface area contributed by atoms with E-state index in [1.165, 1.54) is 7.11 Å². The number of urea groups is 1. The van der Waals surface area contributed by atoms with Crippen LogP contribution < -0.4 is 10.6 Å². The SMILES string of the molecule is CCn1ccc2ccc(NC(=O)NCC(C)C(=O)OC)cc21. The number of hydrogen-bond donors (Lipinski definition) is 2. The van der Waals surface area contributed by atoms with Crippen LogP contribution in [0.1, 0.15) is 13.8 Å². The topological polar surface area (TPSA) is 72.4 Å². The minimum atomic E-state index is -0.379. The summed E-state index contributed by atoms with van der Waals surface area (Å²) >= 11 is 0. The van der Waals surface area contributed by atoms with E-state index in [0.717, 1.165) is 17.4 Å². The molecule has 2 aromatic rings. The lowest BCUT2D eigenvalue weighted by Gasteiger charge is -2.12. The molecule has 2 rings (SSSR count). The standard InChI is InChI=1S/C16H21N3O3/c1-4-19-8-7-12-5-6-13(9-14(12)19)18-16(21)17-10-11(2)15(20)22-3/h5-9,11H,4,10H2,1-3H3,(H2,17,18,21). The summed E-state index contributed by atoms with van der Waals surface area (Å²) in [6.07, 6.45) is 2.02. The average molecular weight is 303 g/mol.